The van der Waals surface area contributed by atoms with Crippen LogP contribution in [-0.4, -0.2) is 38.6 Å². The van der Waals surface area contributed by atoms with Crippen LogP contribution >= 0.6 is 11.3 Å². The summed E-state index contributed by atoms with van der Waals surface area (Å²) in [4.78, 5) is 17.7. The van der Waals surface area contributed by atoms with Gasteiger partial charge in [0.2, 0.25) is 5.91 Å². The lowest BCUT2D eigenvalue weighted by Crippen LogP contribution is -2.39. The van der Waals surface area contributed by atoms with E-state index in [9.17, 15) is 4.79 Å². The molecule has 0 saturated heterocycles. The molecule has 2 rings (SSSR count). The molecule has 1 aromatic carbocycles. The zero-order chi connectivity index (χ0) is 18.6. The van der Waals surface area contributed by atoms with Crippen LogP contribution in [0.4, 0.5) is 0 Å². The van der Waals surface area contributed by atoms with Crippen molar-refractivity contribution >= 4 is 23.2 Å². The zero-order valence-electron chi connectivity index (χ0n) is 15.2. The number of hydrogen-bond acceptors (Lipinski definition) is 4. The topological polar surface area (TPSA) is 74.8 Å². The predicted octanol–water partition coefficient (Wildman–Crippen LogP) is 2.17. The average molecular weight is 375 g/mol. The number of amides is 1. The highest BCUT2D eigenvalue weighted by atomic mass is 32.1. The molecule has 2 aromatic rings. The van der Waals surface area contributed by atoms with Crippen LogP contribution in [0, 0.1) is 0 Å². The lowest BCUT2D eigenvalue weighted by molar-refractivity contribution is -0.119. The van der Waals surface area contributed by atoms with E-state index in [-0.39, 0.29) is 12.5 Å². The van der Waals surface area contributed by atoms with E-state index in [1.807, 2.05) is 37.3 Å². The molecule has 1 aromatic heterocycles. The van der Waals surface area contributed by atoms with E-state index in [1.54, 1.807) is 18.4 Å². The molecule has 0 spiro atoms. The minimum absolute atomic E-state index is 0.0878. The highest BCUT2D eigenvalue weighted by Crippen LogP contribution is 2.11. The summed E-state index contributed by atoms with van der Waals surface area (Å²) in [6, 6.07) is 11.8. The summed E-state index contributed by atoms with van der Waals surface area (Å²) in [5.41, 5.74) is 1.02. The number of methoxy groups -OCH3 is 1. The van der Waals surface area contributed by atoms with Gasteiger partial charge in [0.05, 0.1) is 7.11 Å². The van der Waals surface area contributed by atoms with Crippen LogP contribution in [-0.2, 0) is 17.8 Å². The van der Waals surface area contributed by atoms with E-state index in [2.05, 4.69) is 32.4 Å². The Morgan fingerprint density at radius 3 is 2.62 bits per heavy atom. The first-order chi connectivity index (χ1) is 12.7. The van der Waals surface area contributed by atoms with Crippen LogP contribution < -0.4 is 20.7 Å². The Hall–Kier alpha value is -2.54. The number of carbonyl (C=O) groups is 1. The molecule has 0 unspecified atom stereocenters. The largest absolute Gasteiger partial charge is 0.497 e. The second-order valence-corrected chi connectivity index (χ2v) is 6.61. The van der Waals surface area contributed by atoms with Crippen LogP contribution in [0.1, 0.15) is 17.4 Å². The van der Waals surface area contributed by atoms with Gasteiger partial charge in [-0.1, -0.05) is 18.2 Å². The molecular formula is C19H26N4O2S. The molecule has 140 valence electrons. The van der Waals surface area contributed by atoms with E-state index in [1.165, 1.54) is 4.88 Å². The molecule has 6 nitrogen and oxygen atoms in total. The highest BCUT2D eigenvalue weighted by molar-refractivity contribution is 7.09. The Bertz CT molecular complexity index is 684. The fraction of sp³-hybridized carbons (Fsp3) is 0.368. The molecule has 3 N–H and O–H groups in total. The number of thiophene rings is 1. The first kappa shape index (κ1) is 19.8. The third-order valence-corrected chi connectivity index (χ3v) is 4.55. The van der Waals surface area contributed by atoms with Gasteiger partial charge in [0.25, 0.3) is 0 Å². The van der Waals surface area contributed by atoms with Crippen molar-refractivity contribution in [1.29, 1.82) is 0 Å². The van der Waals surface area contributed by atoms with E-state index in [0.717, 1.165) is 30.8 Å². The van der Waals surface area contributed by atoms with Crippen molar-refractivity contribution in [2.75, 3.05) is 26.7 Å². The number of carbonyl (C=O) groups excluding carboxylic acids is 1. The van der Waals surface area contributed by atoms with Crippen molar-refractivity contribution in [1.82, 2.24) is 16.0 Å². The Kier molecular flexibility index (Phi) is 8.48. The van der Waals surface area contributed by atoms with E-state index in [0.29, 0.717) is 12.5 Å². The monoisotopic (exact) mass is 374 g/mol. The maximum absolute atomic E-state index is 12.0. The van der Waals surface area contributed by atoms with Gasteiger partial charge in [-0.2, -0.15) is 0 Å². The van der Waals surface area contributed by atoms with Gasteiger partial charge >= 0.3 is 0 Å². The van der Waals surface area contributed by atoms with Crippen LogP contribution in [0.2, 0.25) is 0 Å². The molecule has 0 fully saturated rings. The number of guanidine groups is 1. The maximum atomic E-state index is 12.0. The lowest BCUT2D eigenvalue weighted by atomic mass is 10.2. The number of rotatable bonds is 9. The number of nitrogens with one attached hydrogen (secondary N) is 3. The molecule has 7 heteroatoms. The third kappa shape index (κ3) is 7.14. The van der Waals surface area contributed by atoms with Gasteiger partial charge in [-0.15, -0.1) is 11.3 Å². The van der Waals surface area contributed by atoms with Gasteiger partial charge in [0.15, 0.2) is 5.96 Å². The van der Waals surface area contributed by atoms with Gasteiger partial charge in [0, 0.05) is 24.5 Å². The zero-order valence-corrected chi connectivity index (χ0v) is 16.1. The molecule has 0 radical (unpaired) electrons. The average Bonchev–Trinajstić information content (AvgIpc) is 3.18. The van der Waals surface area contributed by atoms with Crippen LogP contribution in [0.3, 0.4) is 0 Å². The molecule has 26 heavy (non-hydrogen) atoms. The molecule has 0 aliphatic carbocycles. The quantitative estimate of drug-likeness (QED) is 0.465. The van der Waals surface area contributed by atoms with Gasteiger partial charge in [-0.25, -0.2) is 4.99 Å². The maximum Gasteiger partial charge on any atom is 0.242 e. The number of nitrogens with zero attached hydrogens (tertiary/aromatic N) is 1. The number of ether oxygens (including phenoxy) is 1. The molecule has 0 atom stereocenters. The third-order valence-electron chi connectivity index (χ3n) is 3.62. The summed E-state index contributed by atoms with van der Waals surface area (Å²) in [7, 11) is 1.63. The first-order valence-corrected chi connectivity index (χ1v) is 9.53. The molecule has 1 amide bonds. The molecule has 0 saturated carbocycles. The summed E-state index contributed by atoms with van der Waals surface area (Å²) >= 11 is 1.74. The predicted molar refractivity (Wildman–Crippen MR) is 107 cm³/mol. The number of benzene rings is 1. The van der Waals surface area contributed by atoms with Crippen molar-refractivity contribution < 1.29 is 9.53 Å². The molecule has 1 heterocycles. The van der Waals surface area contributed by atoms with Gasteiger partial charge < -0.3 is 20.7 Å². The minimum atomic E-state index is -0.115. The normalized spacial score (nSPS) is 11.1. The van der Waals surface area contributed by atoms with Crippen molar-refractivity contribution in [3.05, 3.63) is 52.2 Å². The van der Waals surface area contributed by atoms with Crippen LogP contribution in [0.15, 0.2) is 46.8 Å². The standard InChI is InChI=1S/C19H26N4O2S/c1-3-20-19(21-11-10-17-5-4-12-26-17)23-14-18(24)22-13-15-6-8-16(25-2)9-7-15/h4-9,12H,3,10-11,13-14H2,1-2H3,(H,22,24)(H2,20,21,23). The van der Waals surface area contributed by atoms with Crippen molar-refractivity contribution in [3.8, 4) is 5.75 Å². The van der Waals surface area contributed by atoms with E-state index >= 15 is 0 Å². The molecule has 0 bridgehead atoms. The smallest absolute Gasteiger partial charge is 0.242 e. The second-order valence-electron chi connectivity index (χ2n) is 5.58. The van der Waals surface area contributed by atoms with Crippen LogP contribution in [0.25, 0.3) is 0 Å². The Morgan fingerprint density at radius 1 is 1.15 bits per heavy atom. The summed E-state index contributed by atoms with van der Waals surface area (Å²) < 4.78 is 5.12. The van der Waals surface area contributed by atoms with Crippen molar-refractivity contribution in [2.45, 2.75) is 19.9 Å². The fourth-order valence-corrected chi connectivity index (χ4v) is 2.96. The number of hydrogen-bond donors (Lipinski definition) is 3. The number of aliphatic imine (C=N–C) groups is 1. The van der Waals surface area contributed by atoms with E-state index in [4.69, 9.17) is 4.74 Å². The fourth-order valence-electron chi connectivity index (χ4n) is 2.25. The summed E-state index contributed by atoms with van der Waals surface area (Å²) in [6.45, 7) is 4.09. The minimum Gasteiger partial charge on any atom is -0.497 e. The van der Waals surface area contributed by atoms with Crippen LogP contribution in [0.5, 0.6) is 5.75 Å². The van der Waals surface area contributed by atoms with Gasteiger partial charge in [0.1, 0.15) is 12.3 Å². The van der Waals surface area contributed by atoms with Gasteiger partial charge in [-0.05, 0) is 42.5 Å². The summed E-state index contributed by atoms with van der Waals surface area (Å²) in [5.74, 6) is 1.34. The van der Waals surface area contributed by atoms with Crippen molar-refractivity contribution in [2.24, 2.45) is 4.99 Å². The lowest BCUT2D eigenvalue weighted by Gasteiger charge is -2.11. The first-order valence-electron chi connectivity index (χ1n) is 8.65. The Labute approximate surface area is 158 Å². The Morgan fingerprint density at radius 2 is 1.96 bits per heavy atom. The summed E-state index contributed by atoms with van der Waals surface area (Å²) in [6.07, 6.45) is 0.936. The molecule has 0 aliphatic rings. The second kappa shape index (κ2) is 11.1. The molecular weight excluding hydrogens is 348 g/mol. The Balaban J connectivity index is 1.74. The summed E-state index contributed by atoms with van der Waals surface area (Å²) in [5, 5.41) is 11.3. The molecule has 0 aliphatic heterocycles. The van der Waals surface area contributed by atoms with Gasteiger partial charge in [-0.3, -0.25) is 4.79 Å². The van der Waals surface area contributed by atoms with E-state index < -0.39 is 0 Å². The SMILES string of the molecule is CCNC(=NCC(=O)NCc1ccc(OC)cc1)NCCc1cccs1. The van der Waals surface area contributed by atoms with Crippen molar-refractivity contribution in [3.63, 3.8) is 0 Å². The highest BCUT2D eigenvalue weighted by Gasteiger charge is 2.03.